The molecule has 0 aliphatic carbocycles. The number of phosphoric ester groups is 2. The average molecular weight is 1410 g/mol. The highest BCUT2D eigenvalue weighted by atomic mass is 31.2. The Labute approximate surface area is 588 Å². The molecule has 19 heteroatoms. The van der Waals surface area contributed by atoms with Gasteiger partial charge in [-0.25, -0.2) is 9.13 Å². The first kappa shape index (κ1) is 94.1. The van der Waals surface area contributed by atoms with Crippen LogP contribution in [0, 0.1) is 17.8 Å². The molecule has 0 fully saturated rings. The summed E-state index contributed by atoms with van der Waals surface area (Å²) in [6.45, 7) is 11.9. The largest absolute Gasteiger partial charge is 0.472 e. The highest BCUT2D eigenvalue weighted by molar-refractivity contribution is 7.47. The number of unbranched alkanes of at least 4 members (excludes halogenated alkanes) is 43. The maximum Gasteiger partial charge on any atom is 0.472 e. The molecule has 0 rings (SSSR count). The van der Waals surface area contributed by atoms with Crippen LogP contribution in [0.5, 0.6) is 0 Å². The van der Waals surface area contributed by atoms with Crippen molar-refractivity contribution in [3.8, 4) is 0 Å². The first-order chi connectivity index (χ1) is 46.2. The summed E-state index contributed by atoms with van der Waals surface area (Å²) in [5, 5.41) is 10.6. The Morgan fingerprint density at radius 2 is 0.479 bits per heavy atom. The molecular formula is C77H150O17P2. The third-order valence-electron chi connectivity index (χ3n) is 17.9. The van der Waals surface area contributed by atoms with Gasteiger partial charge in [-0.05, 0) is 43.4 Å². The predicted octanol–water partition coefficient (Wildman–Crippen LogP) is 22.6. The van der Waals surface area contributed by atoms with Crippen LogP contribution < -0.4 is 0 Å². The second-order valence-electron chi connectivity index (χ2n) is 29.2. The summed E-state index contributed by atoms with van der Waals surface area (Å²) in [4.78, 5) is 72.8. The van der Waals surface area contributed by atoms with Gasteiger partial charge >= 0.3 is 39.5 Å². The van der Waals surface area contributed by atoms with Crippen molar-refractivity contribution in [2.45, 2.75) is 414 Å². The minimum atomic E-state index is -4.96. The Balaban J connectivity index is 5.24. The Morgan fingerprint density at radius 3 is 0.708 bits per heavy atom. The lowest BCUT2D eigenvalue weighted by molar-refractivity contribution is -0.161. The van der Waals surface area contributed by atoms with Crippen molar-refractivity contribution >= 4 is 39.5 Å². The van der Waals surface area contributed by atoms with Gasteiger partial charge in [0, 0.05) is 25.7 Å². The molecule has 0 spiro atoms. The van der Waals surface area contributed by atoms with E-state index in [4.69, 9.17) is 37.0 Å². The summed E-state index contributed by atoms with van der Waals surface area (Å²) < 4.78 is 68.6. The van der Waals surface area contributed by atoms with E-state index in [0.29, 0.717) is 25.7 Å². The van der Waals surface area contributed by atoms with Crippen molar-refractivity contribution in [2.75, 3.05) is 39.6 Å². The van der Waals surface area contributed by atoms with E-state index in [1.54, 1.807) is 0 Å². The monoisotopic (exact) mass is 1410 g/mol. The van der Waals surface area contributed by atoms with Crippen LogP contribution >= 0.6 is 15.6 Å². The van der Waals surface area contributed by atoms with Crippen LogP contribution in [0.3, 0.4) is 0 Å². The van der Waals surface area contributed by atoms with E-state index in [0.717, 1.165) is 108 Å². The standard InChI is InChI=1S/C77H150O17P2/c1-8-9-10-11-12-27-37-44-51-58-74(79)87-64-72(93-77(82)61-54-47-40-33-26-20-18-23-30-36-43-50-57-70(6)7)66-91-95(83,84)89-62-71(78)63-90-96(85,86)92-67-73(65-88-75(80)59-52-45-38-31-24-19-17-22-29-35-42-49-56-69(4)5)94-76(81)60-53-46-39-32-25-16-14-13-15-21-28-34-41-48-55-68(2)3/h68-73,78H,8-67H2,1-7H3,(H,83,84)(H,85,86)/t71-,72+,73+/m0/s1. The number of aliphatic hydroxyl groups excluding tert-OH is 1. The normalized spacial score (nSPS) is 14.1. The van der Waals surface area contributed by atoms with E-state index in [2.05, 4.69) is 48.5 Å². The summed E-state index contributed by atoms with van der Waals surface area (Å²) in [5.74, 6) is 0.238. The number of carbonyl (C=O) groups is 4. The molecule has 3 N–H and O–H groups in total. The molecule has 0 aromatic heterocycles. The second-order valence-corrected chi connectivity index (χ2v) is 32.1. The molecule has 570 valence electrons. The Morgan fingerprint density at radius 1 is 0.281 bits per heavy atom. The first-order valence-corrected chi connectivity index (χ1v) is 42.8. The highest BCUT2D eigenvalue weighted by Crippen LogP contribution is 2.45. The molecule has 0 aliphatic rings. The molecule has 2 unspecified atom stereocenters. The third kappa shape index (κ3) is 70.5. The summed E-state index contributed by atoms with van der Waals surface area (Å²) in [6, 6.07) is 0. The lowest BCUT2D eigenvalue weighted by atomic mass is 10.0. The highest BCUT2D eigenvalue weighted by Gasteiger charge is 2.30. The summed E-state index contributed by atoms with van der Waals surface area (Å²) in [7, 11) is -9.91. The molecule has 0 heterocycles. The molecule has 0 radical (unpaired) electrons. The first-order valence-electron chi connectivity index (χ1n) is 39.8. The van der Waals surface area contributed by atoms with Gasteiger partial charge < -0.3 is 33.8 Å². The van der Waals surface area contributed by atoms with Gasteiger partial charge in [-0.2, -0.15) is 0 Å². The SMILES string of the molecule is CCCCCCCCCCCC(=O)OC[C@H](COP(=O)(O)OC[C@H](O)COP(=O)(O)OC[C@@H](COC(=O)CCCCCCCCCCCCCCC(C)C)OC(=O)CCCCCCCCCCCCCCCCC(C)C)OC(=O)CCCCCCCCCCCCCCC(C)C. The molecule has 0 aromatic carbocycles. The topological polar surface area (TPSA) is 237 Å². The minimum Gasteiger partial charge on any atom is -0.462 e. The molecular weight excluding hydrogens is 1260 g/mol. The minimum absolute atomic E-state index is 0.107. The van der Waals surface area contributed by atoms with E-state index in [1.165, 1.54) is 205 Å². The smallest absolute Gasteiger partial charge is 0.462 e. The van der Waals surface area contributed by atoms with E-state index in [9.17, 15) is 43.2 Å². The molecule has 96 heavy (non-hydrogen) atoms. The lowest BCUT2D eigenvalue weighted by Gasteiger charge is -2.21. The zero-order valence-corrected chi connectivity index (χ0v) is 64.6. The van der Waals surface area contributed by atoms with Crippen LogP contribution in [0.4, 0.5) is 0 Å². The lowest BCUT2D eigenvalue weighted by Crippen LogP contribution is -2.30. The molecule has 0 saturated heterocycles. The quantitative estimate of drug-likeness (QED) is 0.0222. The number of hydrogen-bond acceptors (Lipinski definition) is 15. The second kappa shape index (κ2) is 67.5. The van der Waals surface area contributed by atoms with Crippen molar-refractivity contribution in [2.24, 2.45) is 17.8 Å². The maximum atomic E-state index is 13.1. The van der Waals surface area contributed by atoms with Gasteiger partial charge in [0.15, 0.2) is 12.2 Å². The Hall–Kier alpha value is -1.94. The zero-order chi connectivity index (χ0) is 70.9. The van der Waals surface area contributed by atoms with E-state index < -0.39 is 97.5 Å². The number of rotatable bonds is 75. The van der Waals surface area contributed by atoms with Gasteiger partial charge in [-0.1, -0.05) is 344 Å². The maximum absolute atomic E-state index is 13.1. The number of hydrogen-bond donors (Lipinski definition) is 3. The van der Waals surface area contributed by atoms with Gasteiger partial charge in [0.05, 0.1) is 26.4 Å². The molecule has 17 nitrogen and oxygen atoms in total. The van der Waals surface area contributed by atoms with Crippen LogP contribution in [0.1, 0.15) is 395 Å². The van der Waals surface area contributed by atoms with Crippen LogP contribution in [-0.2, 0) is 65.4 Å². The number of ether oxygens (including phenoxy) is 4. The summed E-state index contributed by atoms with van der Waals surface area (Å²) >= 11 is 0. The van der Waals surface area contributed by atoms with Gasteiger partial charge in [-0.15, -0.1) is 0 Å². The van der Waals surface area contributed by atoms with E-state index in [1.807, 2.05) is 0 Å². The fourth-order valence-corrected chi connectivity index (χ4v) is 13.4. The van der Waals surface area contributed by atoms with Gasteiger partial charge in [0.25, 0.3) is 0 Å². The third-order valence-corrected chi connectivity index (χ3v) is 19.8. The van der Waals surface area contributed by atoms with Crippen molar-refractivity contribution in [1.82, 2.24) is 0 Å². The number of aliphatic hydroxyl groups is 1. The molecule has 0 aromatic rings. The molecule has 0 saturated carbocycles. The van der Waals surface area contributed by atoms with E-state index >= 15 is 0 Å². The fourth-order valence-electron chi connectivity index (χ4n) is 11.8. The predicted molar refractivity (Wildman–Crippen MR) is 391 cm³/mol. The Bertz CT molecular complexity index is 1870. The van der Waals surface area contributed by atoms with Gasteiger partial charge in [0.1, 0.15) is 19.3 Å². The van der Waals surface area contributed by atoms with Crippen molar-refractivity contribution in [1.29, 1.82) is 0 Å². The fraction of sp³-hybridized carbons (Fsp3) is 0.948. The number of phosphoric acid groups is 2. The molecule has 0 aliphatic heterocycles. The number of esters is 4. The van der Waals surface area contributed by atoms with Gasteiger partial charge in [0.2, 0.25) is 0 Å². The summed E-state index contributed by atoms with van der Waals surface area (Å²) in [6.07, 6.45) is 54.0. The molecule has 5 atom stereocenters. The van der Waals surface area contributed by atoms with Crippen molar-refractivity contribution in [3.05, 3.63) is 0 Å². The van der Waals surface area contributed by atoms with Gasteiger partial charge in [-0.3, -0.25) is 37.3 Å². The number of carbonyl (C=O) groups excluding carboxylic acids is 4. The van der Waals surface area contributed by atoms with Crippen LogP contribution in [0.15, 0.2) is 0 Å². The zero-order valence-electron chi connectivity index (χ0n) is 62.8. The van der Waals surface area contributed by atoms with Crippen LogP contribution in [-0.4, -0.2) is 96.7 Å². The summed E-state index contributed by atoms with van der Waals surface area (Å²) in [5.41, 5.74) is 0. The average Bonchev–Trinajstić information content (AvgIpc) is 1.48. The van der Waals surface area contributed by atoms with E-state index in [-0.39, 0.29) is 25.7 Å². The van der Waals surface area contributed by atoms with Crippen LogP contribution in [0.2, 0.25) is 0 Å². The van der Waals surface area contributed by atoms with Crippen molar-refractivity contribution < 1.29 is 80.2 Å². The molecule has 0 bridgehead atoms. The van der Waals surface area contributed by atoms with Crippen molar-refractivity contribution in [3.63, 3.8) is 0 Å². The molecule has 0 amide bonds. The van der Waals surface area contributed by atoms with Crippen LogP contribution in [0.25, 0.3) is 0 Å². The Kier molecular flexibility index (Phi) is 66.2.